The summed E-state index contributed by atoms with van der Waals surface area (Å²) < 4.78 is 0. The molecular weight excluding hydrogens is 411 g/mol. The molecule has 0 fully saturated rings. The lowest BCUT2D eigenvalue weighted by Gasteiger charge is -2.08. The zero-order valence-electron chi connectivity index (χ0n) is 14.5. The first-order valence-corrected chi connectivity index (χ1v) is 10.1. The quantitative estimate of drug-likeness (QED) is 0.381. The molecule has 138 valence electrons. The molecule has 0 bridgehead atoms. The average Bonchev–Trinajstić information content (AvgIpc) is 3.21. The van der Waals surface area contributed by atoms with Crippen LogP contribution >= 0.6 is 34.5 Å². The molecule has 0 spiro atoms. The van der Waals surface area contributed by atoms with Gasteiger partial charge in [0.15, 0.2) is 0 Å². The maximum absolute atomic E-state index is 12.6. The van der Waals surface area contributed by atoms with E-state index in [2.05, 4.69) is 5.32 Å². The number of amides is 1. The SMILES string of the molecule is O=C(Nc1cccc(-c2csc(-c3ccccc3)n2)c1)c1cc(Cl)ccc1Cl. The highest BCUT2D eigenvalue weighted by molar-refractivity contribution is 7.13. The monoisotopic (exact) mass is 424 g/mol. The molecule has 0 aliphatic heterocycles. The molecule has 0 radical (unpaired) electrons. The summed E-state index contributed by atoms with van der Waals surface area (Å²) in [4.78, 5) is 17.3. The lowest BCUT2D eigenvalue weighted by molar-refractivity contribution is 0.102. The van der Waals surface area contributed by atoms with Crippen molar-refractivity contribution < 1.29 is 4.79 Å². The molecule has 0 saturated carbocycles. The molecule has 0 saturated heterocycles. The van der Waals surface area contributed by atoms with Gasteiger partial charge in [-0.15, -0.1) is 11.3 Å². The summed E-state index contributed by atoms with van der Waals surface area (Å²) >= 11 is 13.7. The molecular formula is C22H14Cl2N2OS. The summed E-state index contributed by atoms with van der Waals surface area (Å²) in [5, 5.41) is 6.64. The van der Waals surface area contributed by atoms with Crippen molar-refractivity contribution in [2.75, 3.05) is 5.32 Å². The highest BCUT2D eigenvalue weighted by Crippen LogP contribution is 2.30. The van der Waals surface area contributed by atoms with Crippen molar-refractivity contribution in [3.8, 4) is 21.8 Å². The Bertz CT molecular complexity index is 1140. The van der Waals surface area contributed by atoms with Crippen LogP contribution in [0.15, 0.2) is 78.2 Å². The summed E-state index contributed by atoms with van der Waals surface area (Å²) in [7, 11) is 0. The molecule has 28 heavy (non-hydrogen) atoms. The van der Waals surface area contributed by atoms with E-state index in [-0.39, 0.29) is 5.91 Å². The Balaban J connectivity index is 1.58. The van der Waals surface area contributed by atoms with Crippen LogP contribution in [0.25, 0.3) is 21.8 Å². The minimum absolute atomic E-state index is 0.312. The molecule has 0 aliphatic rings. The molecule has 1 amide bonds. The highest BCUT2D eigenvalue weighted by atomic mass is 35.5. The lowest BCUT2D eigenvalue weighted by atomic mass is 10.1. The first kappa shape index (κ1) is 18.7. The number of anilines is 1. The molecule has 3 nitrogen and oxygen atoms in total. The van der Waals surface area contributed by atoms with E-state index in [9.17, 15) is 4.79 Å². The van der Waals surface area contributed by atoms with Gasteiger partial charge in [0.1, 0.15) is 5.01 Å². The van der Waals surface area contributed by atoms with E-state index >= 15 is 0 Å². The minimum atomic E-state index is -0.312. The topological polar surface area (TPSA) is 42.0 Å². The number of halogens is 2. The Morgan fingerprint density at radius 2 is 1.68 bits per heavy atom. The standard InChI is InChI=1S/C22H14Cl2N2OS/c23-16-9-10-19(24)18(12-16)21(27)25-17-8-4-7-15(11-17)20-13-28-22(26-20)14-5-2-1-3-6-14/h1-13H,(H,25,27). The molecule has 3 aromatic carbocycles. The number of nitrogens with one attached hydrogen (secondary N) is 1. The van der Waals surface area contributed by atoms with E-state index < -0.39 is 0 Å². The molecule has 1 aromatic heterocycles. The molecule has 0 aliphatic carbocycles. The van der Waals surface area contributed by atoms with Gasteiger partial charge in [0.2, 0.25) is 0 Å². The van der Waals surface area contributed by atoms with E-state index in [4.69, 9.17) is 28.2 Å². The molecule has 1 heterocycles. The third kappa shape index (κ3) is 4.09. The number of rotatable bonds is 4. The Morgan fingerprint density at radius 3 is 2.50 bits per heavy atom. The fourth-order valence-corrected chi connectivity index (χ4v) is 3.96. The van der Waals surface area contributed by atoms with Crippen molar-refractivity contribution in [3.05, 3.63) is 93.8 Å². The largest absolute Gasteiger partial charge is 0.322 e. The molecule has 1 N–H and O–H groups in total. The normalized spacial score (nSPS) is 10.6. The molecule has 4 rings (SSSR count). The average molecular weight is 425 g/mol. The number of aromatic nitrogens is 1. The Labute approximate surface area is 176 Å². The fourth-order valence-electron chi connectivity index (χ4n) is 2.75. The third-order valence-electron chi connectivity index (χ3n) is 4.11. The minimum Gasteiger partial charge on any atom is -0.322 e. The van der Waals surface area contributed by atoms with Crippen LogP contribution in [0, 0.1) is 0 Å². The Morgan fingerprint density at radius 1 is 0.893 bits per heavy atom. The van der Waals surface area contributed by atoms with Gasteiger partial charge in [-0.3, -0.25) is 4.79 Å². The second-order valence-corrected chi connectivity index (χ2v) is 7.76. The van der Waals surface area contributed by atoms with E-state index in [1.54, 1.807) is 29.5 Å². The van der Waals surface area contributed by atoms with Gasteiger partial charge in [-0.25, -0.2) is 4.98 Å². The van der Waals surface area contributed by atoms with Crippen LogP contribution in [0.1, 0.15) is 10.4 Å². The van der Waals surface area contributed by atoms with Crippen molar-refractivity contribution in [2.45, 2.75) is 0 Å². The van der Waals surface area contributed by atoms with Gasteiger partial charge >= 0.3 is 0 Å². The first-order valence-electron chi connectivity index (χ1n) is 8.48. The Kier molecular flexibility index (Phi) is 5.44. The maximum atomic E-state index is 12.6. The van der Waals surface area contributed by atoms with Crippen LogP contribution in [-0.2, 0) is 0 Å². The van der Waals surface area contributed by atoms with Crippen LogP contribution < -0.4 is 5.32 Å². The van der Waals surface area contributed by atoms with Crippen LogP contribution in [-0.4, -0.2) is 10.9 Å². The third-order valence-corrected chi connectivity index (χ3v) is 5.57. The van der Waals surface area contributed by atoms with Crippen molar-refractivity contribution >= 4 is 46.1 Å². The van der Waals surface area contributed by atoms with E-state index in [1.165, 1.54) is 0 Å². The Hall–Kier alpha value is -2.66. The summed E-state index contributed by atoms with van der Waals surface area (Å²) in [6.07, 6.45) is 0. The van der Waals surface area contributed by atoms with Crippen molar-refractivity contribution in [2.24, 2.45) is 0 Å². The van der Waals surface area contributed by atoms with Crippen LogP contribution in [0.2, 0.25) is 10.0 Å². The number of carbonyl (C=O) groups is 1. The van der Waals surface area contributed by atoms with Crippen molar-refractivity contribution in [3.63, 3.8) is 0 Å². The number of nitrogens with zero attached hydrogens (tertiary/aromatic N) is 1. The van der Waals surface area contributed by atoms with Gasteiger partial charge in [-0.2, -0.15) is 0 Å². The number of thiazole rings is 1. The van der Waals surface area contributed by atoms with Gasteiger partial charge in [0.25, 0.3) is 5.91 Å². The van der Waals surface area contributed by atoms with Gasteiger partial charge in [-0.1, -0.05) is 65.7 Å². The number of hydrogen-bond acceptors (Lipinski definition) is 3. The molecule has 4 aromatic rings. The lowest BCUT2D eigenvalue weighted by Crippen LogP contribution is -2.12. The highest BCUT2D eigenvalue weighted by Gasteiger charge is 2.12. The zero-order chi connectivity index (χ0) is 19.5. The summed E-state index contributed by atoms with van der Waals surface area (Å²) in [5.74, 6) is -0.312. The smallest absolute Gasteiger partial charge is 0.257 e. The zero-order valence-corrected chi connectivity index (χ0v) is 16.9. The summed E-state index contributed by atoms with van der Waals surface area (Å²) in [6.45, 7) is 0. The number of benzene rings is 3. The van der Waals surface area contributed by atoms with E-state index in [0.717, 1.165) is 21.8 Å². The second kappa shape index (κ2) is 8.15. The number of hydrogen-bond donors (Lipinski definition) is 1. The van der Waals surface area contributed by atoms with Gasteiger partial charge < -0.3 is 5.32 Å². The predicted octanol–water partition coefficient (Wildman–Crippen LogP) is 7.04. The molecule has 0 atom stereocenters. The number of carbonyl (C=O) groups excluding carboxylic acids is 1. The van der Waals surface area contributed by atoms with Gasteiger partial charge in [-0.05, 0) is 30.3 Å². The first-order chi connectivity index (χ1) is 13.6. The van der Waals surface area contributed by atoms with E-state index in [0.29, 0.717) is 21.3 Å². The van der Waals surface area contributed by atoms with Crippen LogP contribution in [0.4, 0.5) is 5.69 Å². The van der Waals surface area contributed by atoms with Crippen LogP contribution in [0.5, 0.6) is 0 Å². The van der Waals surface area contributed by atoms with E-state index in [1.807, 2.05) is 60.0 Å². The molecule has 0 unspecified atom stereocenters. The fraction of sp³-hybridized carbons (Fsp3) is 0. The van der Waals surface area contributed by atoms with Gasteiger partial charge in [0.05, 0.1) is 16.3 Å². The second-order valence-electron chi connectivity index (χ2n) is 6.06. The van der Waals surface area contributed by atoms with Crippen molar-refractivity contribution in [1.82, 2.24) is 4.98 Å². The maximum Gasteiger partial charge on any atom is 0.257 e. The summed E-state index contributed by atoms with van der Waals surface area (Å²) in [5.41, 5.74) is 3.86. The van der Waals surface area contributed by atoms with Crippen LogP contribution in [0.3, 0.4) is 0 Å². The van der Waals surface area contributed by atoms with Crippen molar-refractivity contribution in [1.29, 1.82) is 0 Å². The summed E-state index contributed by atoms with van der Waals surface area (Å²) in [6, 6.07) is 22.4. The molecule has 6 heteroatoms. The predicted molar refractivity (Wildman–Crippen MR) is 117 cm³/mol. The van der Waals surface area contributed by atoms with Gasteiger partial charge in [0, 0.05) is 27.2 Å².